The number of methoxy groups -OCH3 is 1. The number of likely N-dealkylation sites (tertiary alicyclic amines) is 1. The van der Waals surface area contributed by atoms with E-state index in [0.29, 0.717) is 12.3 Å². The minimum absolute atomic E-state index is 0.0756. The van der Waals surface area contributed by atoms with Gasteiger partial charge in [-0.25, -0.2) is 9.59 Å². The molecule has 0 bridgehead atoms. The lowest BCUT2D eigenvalue weighted by Crippen LogP contribution is -2.47. The Hall–Kier alpha value is -2.24. The molecule has 0 aromatic heterocycles. The molecular weight excluding hydrogens is 358 g/mol. The number of carbonyl (C=O) groups excluding carboxylic acids is 2. The maximum absolute atomic E-state index is 12.9. The number of ether oxygens (including phenoxy) is 3. The maximum Gasteiger partial charge on any atom is 0.411 e. The van der Waals surface area contributed by atoms with Gasteiger partial charge < -0.3 is 14.2 Å². The summed E-state index contributed by atoms with van der Waals surface area (Å²) in [6, 6.07) is 6.95. The summed E-state index contributed by atoms with van der Waals surface area (Å²) in [6.07, 6.45) is 5.09. The zero-order chi connectivity index (χ0) is 20.1. The number of rotatable bonds is 6. The normalized spacial score (nSPS) is 25.0. The van der Waals surface area contributed by atoms with E-state index < -0.39 is 12.1 Å². The Labute approximate surface area is 167 Å². The highest BCUT2D eigenvalue weighted by Gasteiger charge is 2.49. The van der Waals surface area contributed by atoms with Crippen molar-refractivity contribution in [2.24, 2.45) is 5.92 Å². The van der Waals surface area contributed by atoms with Crippen molar-refractivity contribution in [3.8, 4) is 5.75 Å². The van der Waals surface area contributed by atoms with E-state index in [2.05, 4.69) is 0 Å². The second-order valence-electron chi connectivity index (χ2n) is 7.83. The lowest BCUT2D eigenvalue weighted by molar-refractivity contribution is -0.153. The molecule has 28 heavy (non-hydrogen) atoms. The van der Waals surface area contributed by atoms with E-state index in [1.807, 2.05) is 38.1 Å². The Bertz CT molecular complexity index is 674. The Morgan fingerprint density at radius 1 is 1.18 bits per heavy atom. The van der Waals surface area contributed by atoms with E-state index >= 15 is 0 Å². The Balaban J connectivity index is 1.68. The third-order valence-electron chi connectivity index (χ3n) is 5.98. The van der Waals surface area contributed by atoms with Crippen molar-refractivity contribution in [2.75, 3.05) is 7.11 Å². The summed E-state index contributed by atoms with van der Waals surface area (Å²) in [5.74, 6) is 0.814. The number of hydrogen-bond donors (Lipinski definition) is 0. The lowest BCUT2D eigenvalue weighted by Gasteiger charge is -2.32. The molecule has 1 saturated heterocycles. The van der Waals surface area contributed by atoms with Gasteiger partial charge in [0.15, 0.2) is 0 Å². The SMILES string of the molecule is CCC(C)OC(=O)C1CC2CCCCC2N1C(=O)OCc1ccc(OC)cc1. The summed E-state index contributed by atoms with van der Waals surface area (Å²) in [5.41, 5.74) is 0.882. The third-order valence-corrected chi connectivity index (χ3v) is 5.98. The largest absolute Gasteiger partial charge is 0.497 e. The van der Waals surface area contributed by atoms with Crippen LogP contribution in [-0.2, 0) is 20.9 Å². The van der Waals surface area contributed by atoms with Gasteiger partial charge in [-0.1, -0.05) is 31.9 Å². The molecule has 4 unspecified atom stereocenters. The zero-order valence-electron chi connectivity index (χ0n) is 17.1. The highest BCUT2D eigenvalue weighted by molar-refractivity contribution is 5.82. The standard InChI is InChI=1S/C22H31NO5/c1-4-15(2)28-21(24)20-13-17-7-5-6-8-19(17)23(20)22(25)27-14-16-9-11-18(26-3)12-10-16/h9-12,15,17,19-20H,4-8,13-14H2,1-3H3. The molecule has 2 fully saturated rings. The maximum atomic E-state index is 12.9. The first-order valence-corrected chi connectivity index (χ1v) is 10.3. The number of fused-ring (bicyclic) bond motifs is 1. The van der Waals surface area contributed by atoms with Crippen molar-refractivity contribution >= 4 is 12.1 Å². The molecule has 1 aliphatic carbocycles. The quantitative estimate of drug-likeness (QED) is 0.679. The molecule has 6 heteroatoms. The van der Waals surface area contributed by atoms with Crippen LogP contribution in [0.25, 0.3) is 0 Å². The fraction of sp³-hybridized carbons (Fsp3) is 0.636. The molecule has 0 radical (unpaired) electrons. The van der Waals surface area contributed by atoms with Crippen molar-refractivity contribution in [2.45, 2.75) is 77.2 Å². The Kier molecular flexibility index (Phi) is 6.81. The average molecular weight is 389 g/mol. The number of hydrogen-bond acceptors (Lipinski definition) is 5. The first kappa shape index (κ1) is 20.5. The second-order valence-corrected chi connectivity index (χ2v) is 7.83. The van der Waals surface area contributed by atoms with Crippen LogP contribution < -0.4 is 4.74 Å². The molecule has 4 atom stereocenters. The molecule has 2 aliphatic rings. The van der Waals surface area contributed by atoms with E-state index in [1.165, 1.54) is 0 Å². The van der Waals surface area contributed by atoms with E-state index in [1.54, 1.807) is 12.0 Å². The topological polar surface area (TPSA) is 65.1 Å². The van der Waals surface area contributed by atoms with Gasteiger partial charge >= 0.3 is 12.1 Å². The number of carbonyl (C=O) groups is 2. The van der Waals surface area contributed by atoms with Crippen LogP contribution in [0.3, 0.4) is 0 Å². The van der Waals surface area contributed by atoms with E-state index in [4.69, 9.17) is 14.2 Å². The monoisotopic (exact) mass is 389 g/mol. The molecule has 6 nitrogen and oxygen atoms in total. The summed E-state index contributed by atoms with van der Waals surface area (Å²) in [6.45, 7) is 4.03. The minimum Gasteiger partial charge on any atom is -0.497 e. The van der Waals surface area contributed by atoms with Gasteiger partial charge in [0.2, 0.25) is 0 Å². The lowest BCUT2D eigenvalue weighted by atomic mass is 9.85. The molecule has 0 spiro atoms. The highest BCUT2D eigenvalue weighted by Crippen LogP contribution is 2.40. The predicted molar refractivity (Wildman–Crippen MR) is 105 cm³/mol. The van der Waals surface area contributed by atoms with Crippen LogP contribution in [0.15, 0.2) is 24.3 Å². The molecule has 0 N–H and O–H groups in total. The third kappa shape index (κ3) is 4.59. The summed E-state index contributed by atoms with van der Waals surface area (Å²) in [7, 11) is 1.61. The van der Waals surface area contributed by atoms with Crippen LogP contribution in [0.1, 0.15) is 57.9 Å². The van der Waals surface area contributed by atoms with Crippen LogP contribution in [0.4, 0.5) is 4.79 Å². The summed E-state index contributed by atoms with van der Waals surface area (Å²) in [4.78, 5) is 27.3. The van der Waals surface area contributed by atoms with Crippen LogP contribution in [0, 0.1) is 5.92 Å². The van der Waals surface area contributed by atoms with Gasteiger partial charge in [-0.2, -0.15) is 0 Å². The Morgan fingerprint density at radius 2 is 1.89 bits per heavy atom. The van der Waals surface area contributed by atoms with Crippen LogP contribution in [0.5, 0.6) is 5.75 Å². The van der Waals surface area contributed by atoms with E-state index in [-0.39, 0.29) is 24.7 Å². The predicted octanol–water partition coefficient (Wildman–Crippen LogP) is 4.31. The molecule has 154 valence electrons. The fourth-order valence-electron chi connectivity index (χ4n) is 4.23. The average Bonchev–Trinajstić information content (AvgIpc) is 3.12. The summed E-state index contributed by atoms with van der Waals surface area (Å²) in [5, 5.41) is 0. The second kappa shape index (κ2) is 9.30. The number of esters is 1. The van der Waals surface area contributed by atoms with E-state index in [9.17, 15) is 9.59 Å². The first-order chi connectivity index (χ1) is 13.5. The Morgan fingerprint density at radius 3 is 2.57 bits per heavy atom. The van der Waals surface area contributed by atoms with Gasteiger partial charge in [0.25, 0.3) is 0 Å². The summed E-state index contributed by atoms with van der Waals surface area (Å²) < 4.78 is 16.3. The van der Waals surface area contributed by atoms with Crippen molar-refractivity contribution in [3.63, 3.8) is 0 Å². The zero-order valence-corrected chi connectivity index (χ0v) is 17.1. The minimum atomic E-state index is -0.537. The van der Waals surface area contributed by atoms with Crippen LogP contribution in [0.2, 0.25) is 0 Å². The van der Waals surface area contributed by atoms with Crippen molar-refractivity contribution in [1.29, 1.82) is 0 Å². The molecule has 1 amide bonds. The van der Waals surface area contributed by atoms with Gasteiger partial charge in [-0.05, 0) is 56.2 Å². The summed E-state index contributed by atoms with van der Waals surface area (Å²) >= 11 is 0. The van der Waals surface area contributed by atoms with Crippen molar-refractivity contribution in [1.82, 2.24) is 4.90 Å². The van der Waals surface area contributed by atoms with Gasteiger partial charge in [0.05, 0.1) is 13.2 Å². The number of benzene rings is 1. The van der Waals surface area contributed by atoms with Crippen LogP contribution in [-0.4, -0.2) is 42.3 Å². The van der Waals surface area contributed by atoms with Gasteiger partial charge in [-0.3, -0.25) is 4.90 Å². The smallest absolute Gasteiger partial charge is 0.411 e. The molecule has 1 heterocycles. The highest BCUT2D eigenvalue weighted by atomic mass is 16.6. The van der Waals surface area contributed by atoms with Crippen LogP contribution >= 0.6 is 0 Å². The first-order valence-electron chi connectivity index (χ1n) is 10.3. The van der Waals surface area contributed by atoms with Gasteiger partial charge in [0.1, 0.15) is 18.4 Å². The van der Waals surface area contributed by atoms with Gasteiger partial charge in [0, 0.05) is 6.04 Å². The van der Waals surface area contributed by atoms with E-state index in [0.717, 1.165) is 43.4 Å². The van der Waals surface area contributed by atoms with Crippen molar-refractivity contribution < 1.29 is 23.8 Å². The molecular formula is C22H31NO5. The molecule has 3 rings (SSSR count). The van der Waals surface area contributed by atoms with Crippen molar-refractivity contribution in [3.05, 3.63) is 29.8 Å². The molecule has 1 aliphatic heterocycles. The number of amides is 1. The molecule has 1 aromatic carbocycles. The number of nitrogens with zero attached hydrogens (tertiary/aromatic N) is 1. The molecule has 1 aromatic rings. The molecule has 1 saturated carbocycles. The fourth-order valence-corrected chi connectivity index (χ4v) is 4.23. The van der Waals surface area contributed by atoms with Gasteiger partial charge in [-0.15, -0.1) is 0 Å².